The van der Waals surface area contributed by atoms with Crippen molar-refractivity contribution in [1.82, 2.24) is 24.3 Å². The number of aromatic nitrogens is 4. The van der Waals surface area contributed by atoms with Crippen LogP contribution in [0.4, 0.5) is 0 Å². The topological polar surface area (TPSA) is 64.8 Å². The fourth-order valence-electron chi connectivity index (χ4n) is 4.18. The Bertz CT molecular complexity index is 1240. The van der Waals surface area contributed by atoms with E-state index in [1.165, 1.54) is 11.3 Å². The van der Waals surface area contributed by atoms with Crippen LogP contribution in [0.15, 0.2) is 55.0 Å². The smallest absolute Gasteiger partial charge is 0.137 e. The van der Waals surface area contributed by atoms with Crippen molar-refractivity contribution in [3.05, 3.63) is 77.6 Å². The molecule has 0 bridgehead atoms. The number of hydrogen-bond acceptors (Lipinski definition) is 6. The van der Waals surface area contributed by atoms with Crippen molar-refractivity contribution >= 4 is 5.65 Å². The van der Waals surface area contributed by atoms with Gasteiger partial charge < -0.3 is 13.9 Å². The Hall–Kier alpha value is -3.29. The van der Waals surface area contributed by atoms with E-state index in [2.05, 4.69) is 46.5 Å². The van der Waals surface area contributed by atoms with Gasteiger partial charge in [0.05, 0.1) is 48.9 Å². The van der Waals surface area contributed by atoms with E-state index in [0.717, 1.165) is 53.7 Å². The van der Waals surface area contributed by atoms with Crippen LogP contribution in [0.25, 0.3) is 16.9 Å². The number of fused-ring (bicyclic) bond motifs is 1. The normalized spacial score (nSPS) is 17.0. The summed E-state index contributed by atoms with van der Waals surface area (Å²) in [5.74, 6) is 0.821. The van der Waals surface area contributed by atoms with Gasteiger partial charge in [-0.1, -0.05) is 0 Å². The van der Waals surface area contributed by atoms with Gasteiger partial charge in [-0.05, 0) is 55.8 Å². The van der Waals surface area contributed by atoms with Crippen molar-refractivity contribution in [2.24, 2.45) is 0 Å². The fourth-order valence-corrected chi connectivity index (χ4v) is 4.18. The van der Waals surface area contributed by atoms with Gasteiger partial charge in [0.1, 0.15) is 17.5 Å². The van der Waals surface area contributed by atoms with Crippen LogP contribution in [0.5, 0.6) is 5.75 Å². The zero-order valence-electron chi connectivity index (χ0n) is 18.7. The van der Waals surface area contributed by atoms with Gasteiger partial charge in [-0.3, -0.25) is 9.88 Å². The van der Waals surface area contributed by atoms with E-state index in [1.807, 2.05) is 30.5 Å². The summed E-state index contributed by atoms with van der Waals surface area (Å²) in [6.07, 6.45) is 5.59. The maximum Gasteiger partial charge on any atom is 0.137 e. The molecule has 1 aliphatic rings. The minimum Gasteiger partial charge on any atom is -0.497 e. The molecule has 32 heavy (non-hydrogen) atoms. The summed E-state index contributed by atoms with van der Waals surface area (Å²) in [4.78, 5) is 16.5. The number of ether oxygens (including phenoxy) is 2. The number of rotatable bonds is 5. The fraction of sp³-hybridized carbons (Fsp3) is 0.320. The van der Waals surface area contributed by atoms with Gasteiger partial charge in [0.15, 0.2) is 0 Å². The summed E-state index contributed by atoms with van der Waals surface area (Å²) in [6, 6.07) is 12.1. The molecule has 4 aromatic rings. The molecule has 5 rings (SSSR count). The average molecular weight is 430 g/mol. The highest BCUT2D eigenvalue weighted by Gasteiger charge is 2.25. The van der Waals surface area contributed by atoms with E-state index in [-0.39, 0.29) is 6.10 Å². The molecule has 0 radical (unpaired) electrons. The van der Waals surface area contributed by atoms with Crippen LogP contribution in [0, 0.1) is 13.8 Å². The predicted molar refractivity (Wildman–Crippen MR) is 123 cm³/mol. The predicted octanol–water partition coefficient (Wildman–Crippen LogP) is 3.99. The van der Waals surface area contributed by atoms with Gasteiger partial charge in [-0.2, -0.15) is 0 Å². The lowest BCUT2D eigenvalue weighted by atomic mass is 10.1. The maximum atomic E-state index is 6.09. The largest absolute Gasteiger partial charge is 0.497 e. The summed E-state index contributed by atoms with van der Waals surface area (Å²) < 4.78 is 13.5. The second-order valence-corrected chi connectivity index (χ2v) is 8.23. The van der Waals surface area contributed by atoms with Crippen molar-refractivity contribution < 1.29 is 9.47 Å². The molecule has 1 aromatic carbocycles. The minimum atomic E-state index is -0.115. The van der Waals surface area contributed by atoms with Gasteiger partial charge in [0.25, 0.3) is 0 Å². The van der Waals surface area contributed by atoms with Gasteiger partial charge >= 0.3 is 0 Å². The van der Waals surface area contributed by atoms with E-state index < -0.39 is 0 Å². The number of nitrogens with zero attached hydrogens (tertiary/aromatic N) is 5. The lowest BCUT2D eigenvalue weighted by molar-refractivity contribution is -0.0355. The molecule has 0 aliphatic carbocycles. The molecule has 7 heteroatoms. The summed E-state index contributed by atoms with van der Waals surface area (Å²) in [6.45, 7) is 7.30. The molecule has 0 amide bonds. The number of hydrogen-bond donors (Lipinski definition) is 0. The number of benzene rings is 1. The van der Waals surface area contributed by atoms with E-state index in [9.17, 15) is 0 Å². The third-order valence-electron chi connectivity index (χ3n) is 5.97. The molecule has 3 aromatic heterocycles. The number of pyridine rings is 1. The highest BCUT2D eigenvalue weighted by atomic mass is 16.5. The van der Waals surface area contributed by atoms with Crippen LogP contribution >= 0.6 is 0 Å². The molecule has 1 atom stereocenters. The lowest BCUT2D eigenvalue weighted by Gasteiger charge is -2.32. The second-order valence-electron chi connectivity index (χ2n) is 8.23. The van der Waals surface area contributed by atoms with Gasteiger partial charge in [-0.25, -0.2) is 9.97 Å². The lowest BCUT2D eigenvalue weighted by Crippen LogP contribution is -2.38. The Kier molecular flexibility index (Phi) is 5.59. The molecule has 164 valence electrons. The van der Waals surface area contributed by atoms with Crippen LogP contribution in [0.1, 0.15) is 28.7 Å². The van der Waals surface area contributed by atoms with Crippen LogP contribution in [-0.4, -0.2) is 51.1 Å². The molecule has 1 saturated heterocycles. The molecule has 7 nitrogen and oxygen atoms in total. The Labute approximate surface area is 187 Å². The quantitative estimate of drug-likeness (QED) is 0.478. The molecule has 0 unspecified atom stereocenters. The van der Waals surface area contributed by atoms with Gasteiger partial charge in [-0.15, -0.1) is 0 Å². The second kappa shape index (κ2) is 8.68. The summed E-state index contributed by atoms with van der Waals surface area (Å²) in [7, 11) is 1.66. The van der Waals surface area contributed by atoms with E-state index in [1.54, 1.807) is 13.3 Å². The van der Waals surface area contributed by atoms with Gasteiger partial charge in [0.2, 0.25) is 0 Å². The third-order valence-corrected chi connectivity index (χ3v) is 5.97. The SMILES string of the molecule is COc1ccc(-c2cncc([C@H]3CN(Cc4c(C)nc5cc(C)ccn45)CCO3)n2)cc1. The van der Waals surface area contributed by atoms with Crippen molar-refractivity contribution in [2.45, 2.75) is 26.5 Å². The molecular formula is C25H27N5O2. The van der Waals surface area contributed by atoms with E-state index in [4.69, 9.17) is 19.4 Å². The third kappa shape index (κ3) is 4.09. The summed E-state index contributed by atoms with van der Waals surface area (Å²) in [5.41, 5.74) is 7.20. The first-order valence-corrected chi connectivity index (χ1v) is 10.9. The van der Waals surface area contributed by atoms with Crippen LogP contribution in [-0.2, 0) is 11.3 Å². The molecule has 0 spiro atoms. The molecule has 1 fully saturated rings. The van der Waals surface area contributed by atoms with E-state index >= 15 is 0 Å². The van der Waals surface area contributed by atoms with Gasteiger partial charge in [0, 0.05) is 31.4 Å². The number of methoxy groups -OCH3 is 1. The summed E-state index contributed by atoms with van der Waals surface area (Å²) in [5, 5.41) is 0. The zero-order valence-corrected chi connectivity index (χ0v) is 18.7. The van der Waals surface area contributed by atoms with E-state index in [0.29, 0.717) is 6.61 Å². The first-order valence-electron chi connectivity index (χ1n) is 10.9. The monoisotopic (exact) mass is 429 g/mol. The molecule has 0 saturated carbocycles. The van der Waals surface area contributed by atoms with Crippen molar-refractivity contribution in [2.75, 3.05) is 26.8 Å². The van der Waals surface area contributed by atoms with Crippen LogP contribution in [0.2, 0.25) is 0 Å². The zero-order chi connectivity index (χ0) is 22.1. The Morgan fingerprint density at radius 3 is 2.75 bits per heavy atom. The van der Waals surface area contributed by atoms with Crippen LogP contribution in [0.3, 0.4) is 0 Å². The standard InChI is InChI=1S/C25H27N5O2/c1-17-8-9-30-23(18(2)27-25(30)12-17)15-29-10-11-32-24(16-29)22-14-26-13-21(28-22)19-4-6-20(31-3)7-5-19/h4-9,12-14,24H,10-11,15-16H2,1-3H3/t24-/m1/s1. The number of aryl methyl sites for hydroxylation is 2. The Morgan fingerprint density at radius 1 is 1.09 bits per heavy atom. The van der Waals surface area contributed by atoms with Crippen LogP contribution < -0.4 is 4.74 Å². The van der Waals surface area contributed by atoms with Crippen molar-refractivity contribution in [3.8, 4) is 17.0 Å². The highest BCUT2D eigenvalue weighted by molar-refractivity contribution is 5.59. The molecule has 4 heterocycles. The Balaban J connectivity index is 1.35. The average Bonchev–Trinajstić information content (AvgIpc) is 3.13. The number of morpholine rings is 1. The first kappa shape index (κ1) is 20.6. The Morgan fingerprint density at radius 2 is 1.94 bits per heavy atom. The summed E-state index contributed by atoms with van der Waals surface area (Å²) >= 11 is 0. The van der Waals surface area contributed by atoms with Crippen molar-refractivity contribution in [3.63, 3.8) is 0 Å². The minimum absolute atomic E-state index is 0.115. The molecule has 1 aliphatic heterocycles. The van der Waals surface area contributed by atoms with Crippen molar-refractivity contribution in [1.29, 1.82) is 0 Å². The number of imidazole rings is 1. The highest BCUT2D eigenvalue weighted by Crippen LogP contribution is 2.26. The molecule has 0 N–H and O–H groups in total. The first-order chi connectivity index (χ1) is 15.6. The molecular weight excluding hydrogens is 402 g/mol. The maximum absolute atomic E-state index is 6.09.